The number of nitrogens with zero attached hydrogens (tertiary/aromatic N) is 3. The van der Waals surface area contributed by atoms with Gasteiger partial charge in [-0.15, -0.1) is 0 Å². The normalized spacial score (nSPS) is 16.6. The van der Waals surface area contributed by atoms with Crippen molar-refractivity contribution in [3.8, 4) is 22.6 Å². The molecule has 13 nitrogen and oxygen atoms in total. The Morgan fingerprint density at radius 1 is 1.11 bits per heavy atom. The maximum atomic E-state index is 14.0. The number of nitrogen functional groups attached to an aromatic ring is 1. The molecular weight excluding hydrogens is 624 g/mol. The van der Waals surface area contributed by atoms with Gasteiger partial charge in [-0.3, -0.25) is 0 Å². The van der Waals surface area contributed by atoms with Gasteiger partial charge >= 0.3 is 11.9 Å². The van der Waals surface area contributed by atoms with E-state index in [4.69, 9.17) is 58.8 Å². The van der Waals surface area contributed by atoms with Gasteiger partial charge in [0.2, 0.25) is 0 Å². The smallest absolute Gasteiger partial charge is 0.335 e. The van der Waals surface area contributed by atoms with E-state index in [1.54, 1.807) is 32.5 Å². The highest BCUT2D eigenvalue weighted by atomic mass is 35.5. The van der Waals surface area contributed by atoms with Gasteiger partial charge < -0.3 is 45.9 Å². The number of nitrogens with two attached hydrogens (primary N) is 1. The lowest BCUT2D eigenvalue weighted by molar-refractivity contribution is -0.165. The van der Waals surface area contributed by atoms with Gasteiger partial charge in [0.15, 0.2) is 23.8 Å². The van der Waals surface area contributed by atoms with Gasteiger partial charge in [0.25, 0.3) is 0 Å². The van der Waals surface area contributed by atoms with Crippen molar-refractivity contribution in [2.24, 2.45) is 0 Å². The first-order valence-corrected chi connectivity index (χ1v) is 13.9. The third kappa shape index (κ3) is 8.15. The van der Waals surface area contributed by atoms with Crippen molar-refractivity contribution < 1.29 is 43.9 Å². The van der Waals surface area contributed by atoms with Gasteiger partial charge in [0.05, 0.1) is 12.1 Å². The third-order valence-corrected chi connectivity index (χ3v) is 7.37. The van der Waals surface area contributed by atoms with Crippen LogP contribution in [-0.4, -0.2) is 87.3 Å². The third-order valence-electron chi connectivity index (χ3n) is 6.65. The van der Waals surface area contributed by atoms with Crippen LogP contribution in [0, 0.1) is 5.82 Å². The summed E-state index contributed by atoms with van der Waals surface area (Å²) in [6.45, 7) is 6.52. The number of halogens is 3. The van der Waals surface area contributed by atoms with Crippen molar-refractivity contribution in [3.05, 3.63) is 58.1 Å². The van der Waals surface area contributed by atoms with E-state index in [1.807, 2.05) is 6.07 Å². The summed E-state index contributed by atoms with van der Waals surface area (Å²) in [7, 11) is 1.61. The topological polar surface area (TPSA) is 201 Å². The Bertz CT molecular complexity index is 1480. The number of anilines is 2. The lowest BCUT2D eigenvalue weighted by Crippen LogP contribution is -2.50. The molecule has 7 N–H and O–H groups in total. The van der Waals surface area contributed by atoms with Crippen LogP contribution in [0.25, 0.3) is 11.1 Å². The fourth-order valence-electron chi connectivity index (χ4n) is 4.28. The number of carboxylic acid groups (broad SMARTS) is 2. The number of methoxy groups -OCH3 is 1. The van der Waals surface area contributed by atoms with Crippen molar-refractivity contribution in [1.29, 1.82) is 0 Å². The van der Waals surface area contributed by atoms with Gasteiger partial charge in [-0.25, -0.2) is 23.9 Å². The van der Waals surface area contributed by atoms with Crippen LogP contribution >= 0.6 is 23.2 Å². The first kappa shape index (κ1) is 34.5. The highest BCUT2D eigenvalue weighted by Gasteiger charge is 2.29. The summed E-state index contributed by atoms with van der Waals surface area (Å²) in [5.41, 5.74) is 7.85. The van der Waals surface area contributed by atoms with E-state index < -0.39 is 36.1 Å². The molecule has 1 aromatic carbocycles. The number of hydrogen-bond donors (Lipinski definition) is 6. The fourth-order valence-corrected chi connectivity index (χ4v) is 4.96. The van der Waals surface area contributed by atoms with Crippen molar-refractivity contribution in [2.75, 3.05) is 37.4 Å². The van der Waals surface area contributed by atoms with E-state index in [0.717, 1.165) is 31.0 Å². The molecule has 2 aromatic heterocycles. The Hall–Kier alpha value is -3.95. The Labute approximate surface area is 262 Å². The molecule has 44 heavy (non-hydrogen) atoms. The summed E-state index contributed by atoms with van der Waals surface area (Å²) in [6.07, 6.45) is -1.83. The number of aliphatic carboxylic acids is 2. The highest BCUT2D eigenvalue weighted by molar-refractivity contribution is 6.36. The van der Waals surface area contributed by atoms with Crippen LogP contribution in [0.2, 0.25) is 10.0 Å². The average Bonchev–Trinajstić information content (AvgIpc) is 2.99. The number of aliphatic hydroxyl groups is 2. The maximum absolute atomic E-state index is 14.0. The van der Waals surface area contributed by atoms with Gasteiger partial charge in [-0.2, -0.15) is 0 Å². The molecule has 0 amide bonds. The lowest BCUT2D eigenvalue weighted by Gasteiger charge is -2.35. The second kappa shape index (κ2) is 15.2. The number of piperazine rings is 1. The minimum absolute atomic E-state index is 0.0914. The summed E-state index contributed by atoms with van der Waals surface area (Å²) in [5.74, 6) is -2.13. The summed E-state index contributed by atoms with van der Waals surface area (Å²) < 4.78 is 25.7. The van der Waals surface area contributed by atoms with Crippen LogP contribution in [0.4, 0.5) is 16.0 Å². The average molecular weight is 656 g/mol. The number of carbonyl (C=O) groups is 2. The molecule has 1 aliphatic heterocycles. The largest absolute Gasteiger partial charge is 0.496 e. The van der Waals surface area contributed by atoms with E-state index in [0.29, 0.717) is 33.7 Å². The molecule has 0 spiro atoms. The zero-order chi connectivity index (χ0) is 32.7. The molecule has 3 aromatic rings. The predicted octanol–water partition coefficient (Wildman–Crippen LogP) is 3.00. The quantitative estimate of drug-likeness (QED) is 0.184. The van der Waals surface area contributed by atoms with Crippen LogP contribution in [0.1, 0.15) is 25.5 Å². The molecule has 4 rings (SSSR count). The number of aromatic nitrogens is 2. The molecular formula is C28H32Cl2FN5O8. The number of carboxylic acids is 2. The molecule has 0 radical (unpaired) electrons. The number of hydrogen-bond acceptors (Lipinski definition) is 11. The summed E-state index contributed by atoms with van der Waals surface area (Å²) >= 11 is 12.4. The number of aliphatic hydroxyl groups excluding tert-OH is 2. The molecule has 1 saturated heterocycles. The van der Waals surface area contributed by atoms with Crippen LogP contribution in [-0.2, 0) is 9.59 Å². The molecule has 3 heterocycles. The Kier molecular flexibility index (Phi) is 11.9. The van der Waals surface area contributed by atoms with Crippen LogP contribution in [0.5, 0.6) is 11.5 Å². The number of nitrogens with one attached hydrogen (secondary N) is 1. The SMILES string of the molecule is COc1cc(N2CCNC[C@@H]2C)ncc1-c1cnc(N)c(O[C@H](C)c2c(Cl)ccc(F)c2Cl)c1.O=C(O)C(O)C(O)C(=O)O. The fraction of sp³-hybridized carbons (Fsp3) is 0.357. The molecule has 4 atom stereocenters. The summed E-state index contributed by atoms with van der Waals surface area (Å²) in [6, 6.07) is 6.63. The minimum Gasteiger partial charge on any atom is -0.496 e. The standard InChI is InChI=1S/C24H26Cl2FN5O2.C4H6O6/c1-13-10-29-6-7-32(13)21-9-19(33-3)16(12-30-21)15-8-20(24(28)31-11-15)34-14(2)22-17(25)4-5-18(27)23(22)26;5-1(3(7)8)2(6)4(9)10/h4-5,8-9,11-14,29H,6-7,10H2,1-3H3,(H2,28,31);1-2,5-6H,(H,7,8)(H,9,10)/t13-,14+;/m0./s1. The molecule has 16 heteroatoms. The monoisotopic (exact) mass is 655 g/mol. The van der Waals surface area contributed by atoms with Crippen molar-refractivity contribution in [2.45, 2.75) is 38.2 Å². The van der Waals surface area contributed by atoms with Crippen LogP contribution < -0.4 is 25.4 Å². The lowest BCUT2D eigenvalue weighted by atomic mass is 10.1. The van der Waals surface area contributed by atoms with Crippen LogP contribution in [0.3, 0.4) is 0 Å². The first-order chi connectivity index (χ1) is 20.8. The molecule has 1 fully saturated rings. The zero-order valence-electron chi connectivity index (χ0n) is 23.9. The molecule has 0 saturated carbocycles. The molecule has 0 bridgehead atoms. The van der Waals surface area contributed by atoms with Crippen molar-refractivity contribution >= 4 is 46.8 Å². The van der Waals surface area contributed by atoms with Gasteiger partial charge in [-0.05, 0) is 32.0 Å². The van der Waals surface area contributed by atoms with Gasteiger partial charge in [0, 0.05) is 65.8 Å². The number of ether oxygens (including phenoxy) is 2. The molecule has 2 unspecified atom stereocenters. The highest BCUT2D eigenvalue weighted by Crippen LogP contribution is 2.39. The van der Waals surface area contributed by atoms with Crippen molar-refractivity contribution in [1.82, 2.24) is 15.3 Å². The zero-order valence-corrected chi connectivity index (χ0v) is 25.4. The van der Waals surface area contributed by atoms with E-state index in [2.05, 4.69) is 27.1 Å². The Balaban J connectivity index is 0.000000456. The summed E-state index contributed by atoms with van der Waals surface area (Å²) in [5, 5.41) is 36.1. The first-order valence-electron chi connectivity index (χ1n) is 13.2. The summed E-state index contributed by atoms with van der Waals surface area (Å²) in [4.78, 5) is 30.7. The van der Waals surface area contributed by atoms with E-state index in [9.17, 15) is 14.0 Å². The second-order valence-corrected chi connectivity index (χ2v) is 10.5. The van der Waals surface area contributed by atoms with E-state index >= 15 is 0 Å². The van der Waals surface area contributed by atoms with Crippen molar-refractivity contribution in [3.63, 3.8) is 0 Å². The van der Waals surface area contributed by atoms with Gasteiger partial charge in [0.1, 0.15) is 23.5 Å². The number of pyridine rings is 2. The van der Waals surface area contributed by atoms with E-state index in [-0.39, 0.29) is 10.8 Å². The Morgan fingerprint density at radius 2 is 1.77 bits per heavy atom. The molecule has 0 aliphatic carbocycles. The van der Waals surface area contributed by atoms with Gasteiger partial charge in [-0.1, -0.05) is 23.2 Å². The number of rotatable bonds is 9. The minimum atomic E-state index is -2.27. The molecule has 238 valence electrons. The Morgan fingerprint density at radius 3 is 2.36 bits per heavy atom. The molecule has 1 aliphatic rings. The number of benzene rings is 1. The van der Waals surface area contributed by atoms with Crippen LogP contribution in [0.15, 0.2) is 36.7 Å². The second-order valence-electron chi connectivity index (χ2n) is 9.68. The maximum Gasteiger partial charge on any atom is 0.335 e. The van der Waals surface area contributed by atoms with E-state index in [1.165, 1.54) is 12.1 Å². The predicted molar refractivity (Wildman–Crippen MR) is 161 cm³/mol.